The number of rotatable bonds is 0. The van der Waals surface area contributed by atoms with Crippen molar-refractivity contribution >= 4 is 31.5 Å². The lowest BCUT2D eigenvalue weighted by Crippen LogP contribution is -2.17. The summed E-state index contributed by atoms with van der Waals surface area (Å²) in [6.07, 6.45) is -1.75. The lowest BCUT2D eigenvalue weighted by Gasteiger charge is -2.29. The molecule has 5 rings (SSSR count). The standard InChI is InChI=1S/C20H14O2S/c21-19-13-7-2-1-5-11(13)14-9-15-12-6-3-4-8-17(12)23-18(15)10-16(14)20(19)22/h1-10,19-22H/t19-,20+/m1/s1. The molecule has 23 heavy (non-hydrogen) atoms. The molecule has 3 heteroatoms. The van der Waals surface area contributed by atoms with Gasteiger partial charge >= 0.3 is 0 Å². The second kappa shape index (κ2) is 4.65. The lowest BCUT2D eigenvalue weighted by atomic mass is 9.81. The molecule has 0 unspecified atom stereocenters. The quantitative estimate of drug-likeness (QED) is 0.489. The second-order valence-electron chi connectivity index (χ2n) is 6.01. The van der Waals surface area contributed by atoms with Crippen LogP contribution in [0, 0.1) is 0 Å². The smallest absolute Gasteiger partial charge is 0.110 e. The van der Waals surface area contributed by atoms with Crippen molar-refractivity contribution < 1.29 is 10.2 Å². The Labute approximate surface area is 137 Å². The first-order chi connectivity index (χ1) is 11.2. The van der Waals surface area contributed by atoms with E-state index in [0.29, 0.717) is 0 Å². The number of benzene rings is 3. The van der Waals surface area contributed by atoms with Crippen LogP contribution in [0.1, 0.15) is 23.3 Å². The van der Waals surface area contributed by atoms with Gasteiger partial charge in [-0.1, -0.05) is 42.5 Å². The molecule has 0 bridgehead atoms. The molecule has 112 valence electrons. The van der Waals surface area contributed by atoms with Gasteiger partial charge in [-0.2, -0.15) is 0 Å². The van der Waals surface area contributed by atoms with Gasteiger partial charge in [0.15, 0.2) is 0 Å². The summed E-state index contributed by atoms with van der Waals surface area (Å²) in [5.41, 5.74) is 3.65. The van der Waals surface area contributed by atoms with Crippen molar-refractivity contribution in [2.75, 3.05) is 0 Å². The molecule has 2 atom stereocenters. The first kappa shape index (κ1) is 13.3. The van der Waals surface area contributed by atoms with Crippen LogP contribution in [0.15, 0.2) is 60.7 Å². The molecule has 0 aliphatic heterocycles. The molecule has 0 amide bonds. The average Bonchev–Trinajstić information content (AvgIpc) is 2.96. The Kier molecular flexibility index (Phi) is 2.68. The molecule has 0 fully saturated rings. The van der Waals surface area contributed by atoms with E-state index < -0.39 is 12.2 Å². The Morgan fingerprint density at radius 3 is 2.30 bits per heavy atom. The van der Waals surface area contributed by atoms with Crippen LogP contribution < -0.4 is 0 Å². The van der Waals surface area contributed by atoms with Crippen LogP contribution >= 0.6 is 11.3 Å². The van der Waals surface area contributed by atoms with Crippen LogP contribution in [0.2, 0.25) is 0 Å². The van der Waals surface area contributed by atoms with Crippen molar-refractivity contribution in [3.63, 3.8) is 0 Å². The van der Waals surface area contributed by atoms with Crippen LogP contribution in [0.3, 0.4) is 0 Å². The molecule has 2 N–H and O–H groups in total. The minimum atomic E-state index is -0.880. The van der Waals surface area contributed by atoms with Gasteiger partial charge < -0.3 is 10.2 Å². The number of aliphatic hydroxyl groups excluding tert-OH is 2. The van der Waals surface area contributed by atoms with Gasteiger partial charge in [0.05, 0.1) is 0 Å². The zero-order valence-electron chi connectivity index (χ0n) is 12.2. The number of aliphatic hydroxyl groups is 2. The van der Waals surface area contributed by atoms with Gasteiger partial charge in [-0.15, -0.1) is 11.3 Å². The van der Waals surface area contributed by atoms with Crippen molar-refractivity contribution in [1.29, 1.82) is 0 Å². The second-order valence-corrected chi connectivity index (χ2v) is 7.09. The molecule has 3 aromatic carbocycles. The first-order valence-electron chi connectivity index (χ1n) is 7.64. The van der Waals surface area contributed by atoms with Crippen molar-refractivity contribution in [3.05, 3.63) is 71.8 Å². The molecule has 0 radical (unpaired) electrons. The van der Waals surface area contributed by atoms with E-state index in [1.165, 1.54) is 15.5 Å². The number of hydrogen-bond donors (Lipinski definition) is 2. The highest BCUT2D eigenvalue weighted by atomic mass is 32.1. The third-order valence-corrected chi connectivity index (χ3v) is 5.87. The normalized spacial score (nSPS) is 19.7. The molecular weight excluding hydrogens is 304 g/mol. The minimum absolute atomic E-state index is 0.798. The highest BCUT2D eigenvalue weighted by Crippen LogP contribution is 2.47. The van der Waals surface area contributed by atoms with E-state index in [0.717, 1.165) is 27.0 Å². The molecular formula is C20H14O2S. The van der Waals surface area contributed by atoms with Gasteiger partial charge in [-0.25, -0.2) is 0 Å². The molecule has 1 heterocycles. The monoisotopic (exact) mass is 318 g/mol. The number of fused-ring (bicyclic) bond motifs is 6. The Bertz CT molecular complexity index is 1060. The van der Waals surface area contributed by atoms with Crippen molar-refractivity contribution in [2.45, 2.75) is 12.2 Å². The van der Waals surface area contributed by atoms with Crippen molar-refractivity contribution in [2.24, 2.45) is 0 Å². The maximum absolute atomic E-state index is 10.6. The summed E-state index contributed by atoms with van der Waals surface area (Å²) in [6.45, 7) is 0. The molecule has 1 aliphatic rings. The summed E-state index contributed by atoms with van der Waals surface area (Å²) < 4.78 is 2.39. The number of thiophene rings is 1. The summed E-state index contributed by atoms with van der Waals surface area (Å²) in [7, 11) is 0. The molecule has 0 spiro atoms. The molecule has 1 aromatic heterocycles. The Morgan fingerprint density at radius 2 is 1.39 bits per heavy atom. The topological polar surface area (TPSA) is 40.5 Å². The summed E-state index contributed by atoms with van der Waals surface area (Å²) in [5, 5.41) is 23.5. The minimum Gasteiger partial charge on any atom is -0.385 e. The van der Waals surface area contributed by atoms with Crippen molar-refractivity contribution in [3.8, 4) is 11.1 Å². The van der Waals surface area contributed by atoms with E-state index in [1.807, 2.05) is 36.4 Å². The third-order valence-electron chi connectivity index (χ3n) is 4.74. The molecule has 4 aromatic rings. The molecule has 2 nitrogen and oxygen atoms in total. The SMILES string of the molecule is O[C@@H]1c2ccccc2-c2cc3c(cc2[C@@H]1O)sc1ccccc13. The van der Waals surface area contributed by atoms with Crippen LogP contribution in [0.25, 0.3) is 31.3 Å². The van der Waals surface area contributed by atoms with E-state index in [-0.39, 0.29) is 0 Å². The maximum Gasteiger partial charge on any atom is 0.110 e. The van der Waals surface area contributed by atoms with E-state index in [9.17, 15) is 10.2 Å². The highest BCUT2D eigenvalue weighted by Gasteiger charge is 2.31. The Balaban J connectivity index is 1.91. The van der Waals surface area contributed by atoms with Gasteiger partial charge in [0.2, 0.25) is 0 Å². The summed E-state index contributed by atoms with van der Waals surface area (Å²) in [4.78, 5) is 0. The van der Waals surface area contributed by atoms with E-state index in [1.54, 1.807) is 11.3 Å². The predicted octanol–water partition coefficient (Wildman–Crippen LogP) is 4.80. The van der Waals surface area contributed by atoms with Gasteiger partial charge in [0.1, 0.15) is 12.2 Å². The van der Waals surface area contributed by atoms with Crippen LogP contribution in [-0.2, 0) is 0 Å². The van der Waals surface area contributed by atoms with Crippen LogP contribution in [-0.4, -0.2) is 10.2 Å². The van der Waals surface area contributed by atoms with Gasteiger partial charge in [0.25, 0.3) is 0 Å². The van der Waals surface area contributed by atoms with Gasteiger partial charge in [-0.05, 0) is 40.5 Å². The number of hydrogen-bond acceptors (Lipinski definition) is 3. The van der Waals surface area contributed by atoms with Crippen LogP contribution in [0.4, 0.5) is 0 Å². The van der Waals surface area contributed by atoms with Crippen molar-refractivity contribution in [1.82, 2.24) is 0 Å². The Morgan fingerprint density at radius 1 is 0.652 bits per heavy atom. The molecule has 0 saturated heterocycles. The van der Waals surface area contributed by atoms with Crippen LogP contribution in [0.5, 0.6) is 0 Å². The van der Waals surface area contributed by atoms with E-state index >= 15 is 0 Å². The van der Waals surface area contributed by atoms with E-state index in [2.05, 4.69) is 24.3 Å². The maximum atomic E-state index is 10.6. The third kappa shape index (κ3) is 1.75. The van der Waals surface area contributed by atoms with Gasteiger partial charge in [0, 0.05) is 20.2 Å². The fourth-order valence-corrected chi connectivity index (χ4v) is 4.74. The van der Waals surface area contributed by atoms with Gasteiger partial charge in [-0.3, -0.25) is 0 Å². The first-order valence-corrected chi connectivity index (χ1v) is 8.46. The predicted molar refractivity (Wildman–Crippen MR) is 94.7 cm³/mol. The summed E-state index contributed by atoms with van der Waals surface area (Å²) in [5.74, 6) is 0. The largest absolute Gasteiger partial charge is 0.385 e. The molecule has 1 aliphatic carbocycles. The molecule has 0 saturated carbocycles. The summed E-state index contributed by atoms with van der Waals surface area (Å²) in [6, 6.07) is 20.4. The highest BCUT2D eigenvalue weighted by molar-refractivity contribution is 7.25. The Hall–Kier alpha value is -2.20. The zero-order chi connectivity index (χ0) is 15.6. The summed E-state index contributed by atoms with van der Waals surface area (Å²) >= 11 is 1.73. The fourth-order valence-electron chi connectivity index (χ4n) is 3.61. The van der Waals surface area contributed by atoms with E-state index in [4.69, 9.17) is 0 Å². The average molecular weight is 318 g/mol. The fraction of sp³-hybridized carbons (Fsp3) is 0.100. The lowest BCUT2D eigenvalue weighted by molar-refractivity contribution is 0.0159. The zero-order valence-corrected chi connectivity index (χ0v) is 13.0.